The molecule has 1 heterocycles. The molecule has 1 saturated heterocycles. The molecule has 19 heavy (non-hydrogen) atoms. The van der Waals surface area contributed by atoms with Gasteiger partial charge in [-0.25, -0.2) is 0 Å². The molecule has 0 spiro atoms. The molecule has 0 saturated carbocycles. The van der Waals surface area contributed by atoms with Crippen molar-refractivity contribution < 1.29 is 19.5 Å². The predicted octanol–water partition coefficient (Wildman–Crippen LogP) is 0.518. The Bertz CT molecular complexity index is 373. The lowest BCUT2D eigenvalue weighted by atomic mass is 9.84. The van der Waals surface area contributed by atoms with Crippen LogP contribution in [0.1, 0.15) is 40.0 Å². The van der Waals surface area contributed by atoms with Gasteiger partial charge in [-0.2, -0.15) is 0 Å². The Morgan fingerprint density at radius 1 is 1.47 bits per heavy atom. The van der Waals surface area contributed by atoms with Gasteiger partial charge in [0.15, 0.2) is 0 Å². The first-order valence-electron chi connectivity index (χ1n) is 6.49. The van der Waals surface area contributed by atoms with Crippen molar-refractivity contribution in [3.8, 4) is 0 Å². The van der Waals surface area contributed by atoms with Crippen LogP contribution in [-0.4, -0.2) is 35.5 Å². The quantitative estimate of drug-likeness (QED) is 0.678. The second-order valence-electron chi connectivity index (χ2n) is 6.20. The number of nitrogens with one attached hydrogen (secondary N) is 2. The predicted molar refractivity (Wildman–Crippen MR) is 69.4 cm³/mol. The largest absolute Gasteiger partial charge is 0.481 e. The second-order valence-corrected chi connectivity index (χ2v) is 6.20. The van der Waals surface area contributed by atoms with E-state index in [1.807, 2.05) is 20.8 Å². The Hall–Kier alpha value is -1.59. The van der Waals surface area contributed by atoms with Crippen LogP contribution in [0.3, 0.4) is 0 Å². The summed E-state index contributed by atoms with van der Waals surface area (Å²) >= 11 is 0. The summed E-state index contributed by atoms with van der Waals surface area (Å²) in [7, 11) is 0. The molecule has 1 aliphatic heterocycles. The van der Waals surface area contributed by atoms with Crippen molar-refractivity contribution in [2.24, 2.45) is 11.3 Å². The van der Waals surface area contributed by atoms with Gasteiger partial charge in [-0.05, 0) is 18.3 Å². The van der Waals surface area contributed by atoms with Gasteiger partial charge < -0.3 is 15.7 Å². The maximum absolute atomic E-state index is 11.8. The first kappa shape index (κ1) is 15.5. The van der Waals surface area contributed by atoms with Crippen LogP contribution in [0.15, 0.2) is 0 Å². The van der Waals surface area contributed by atoms with Crippen LogP contribution in [-0.2, 0) is 14.4 Å². The Kier molecular flexibility index (Phi) is 4.91. The SMILES string of the molecule is CC(C)(C)CC(CNC(=O)[C@H]1CCC(=O)N1)C(=O)O. The fraction of sp³-hybridized carbons (Fsp3) is 0.769. The highest BCUT2D eigenvalue weighted by molar-refractivity contribution is 5.90. The lowest BCUT2D eigenvalue weighted by Gasteiger charge is -2.23. The number of aliphatic carboxylic acids is 1. The minimum absolute atomic E-state index is 0.0950. The van der Waals surface area contributed by atoms with E-state index in [4.69, 9.17) is 5.11 Å². The lowest BCUT2D eigenvalue weighted by Crippen LogP contribution is -2.44. The van der Waals surface area contributed by atoms with Crippen LogP contribution in [0, 0.1) is 11.3 Å². The highest BCUT2D eigenvalue weighted by atomic mass is 16.4. The first-order chi connectivity index (χ1) is 8.69. The summed E-state index contributed by atoms with van der Waals surface area (Å²) in [5.41, 5.74) is -0.116. The number of carboxylic acids is 1. The summed E-state index contributed by atoms with van der Waals surface area (Å²) in [4.78, 5) is 33.9. The molecule has 6 heteroatoms. The molecule has 108 valence electrons. The number of rotatable bonds is 5. The molecule has 1 aliphatic rings. The Balaban J connectivity index is 2.45. The van der Waals surface area contributed by atoms with Crippen molar-refractivity contribution in [1.29, 1.82) is 0 Å². The fourth-order valence-electron chi connectivity index (χ4n) is 2.14. The summed E-state index contributed by atoms with van der Waals surface area (Å²) in [6, 6.07) is -0.517. The Labute approximate surface area is 112 Å². The molecule has 0 bridgehead atoms. The van der Waals surface area contributed by atoms with Crippen LogP contribution in [0.2, 0.25) is 0 Å². The van der Waals surface area contributed by atoms with E-state index < -0.39 is 17.9 Å². The van der Waals surface area contributed by atoms with Gasteiger partial charge in [0.2, 0.25) is 11.8 Å². The van der Waals surface area contributed by atoms with Crippen molar-refractivity contribution in [2.45, 2.75) is 46.1 Å². The zero-order chi connectivity index (χ0) is 14.6. The standard InChI is InChI=1S/C13H22N2O4/c1-13(2,3)6-8(12(18)19)7-14-11(17)9-4-5-10(16)15-9/h8-9H,4-7H2,1-3H3,(H,14,17)(H,15,16)(H,18,19)/t8?,9-/m1/s1. The molecule has 1 unspecified atom stereocenters. The normalized spacial score (nSPS) is 20.8. The summed E-state index contributed by atoms with van der Waals surface area (Å²) in [5, 5.41) is 14.3. The molecule has 1 fully saturated rings. The van der Waals surface area contributed by atoms with E-state index >= 15 is 0 Å². The summed E-state index contributed by atoms with van der Waals surface area (Å²) in [6.45, 7) is 5.98. The van der Waals surface area contributed by atoms with Crippen LogP contribution in [0.5, 0.6) is 0 Å². The van der Waals surface area contributed by atoms with Gasteiger partial charge in [-0.3, -0.25) is 14.4 Å². The molecule has 3 N–H and O–H groups in total. The van der Waals surface area contributed by atoms with Gasteiger partial charge in [0.05, 0.1) is 5.92 Å². The third-order valence-corrected chi connectivity index (χ3v) is 3.04. The molecule has 0 aromatic heterocycles. The van der Waals surface area contributed by atoms with Gasteiger partial charge in [0.1, 0.15) is 6.04 Å². The zero-order valence-corrected chi connectivity index (χ0v) is 11.7. The fourth-order valence-corrected chi connectivity index (χ4v) is 2.14. The van der Waals surface area contributed by atoms with Crippen molar-refractivity contribution in [3.05, 3.63) is 0 Å². The number of hydrogen-bond donors (Lipinski definition) is 3. The van der Waals surface area contributed by atoms with Gasteiger partial charge in [-0.15, -0.1) is 0 Å². The first-order valence-corrected chi connectivity index (χ1v) is 6.49. The van der Waals surface area contributed by atoms with Gasteiger partial charge in [0, 0.05) is 13.0 Å². The molecule has 0 aliphatic carbocycles. The number of carbonyl (C=O) groups is 3. The van der Waals surface area contributed by atoms with E-state index in [0.29, 0.717) is 19.3 Å². The molecule has 2 amide bonds. The molecule has 0 aromatic rings. The highest BCUT2D eigenvalue weighted by Gasteiger charge is 2.29. The Morgan fingerprint density at radius 2 is 2.11 bits per heavy atom. The molecular formula is C13H22N2O4. The molecule has 2 atom stereocenters. The number of carboxylic acid groups (broad SMARTS) is 1. The summed E-state index contributed by atoms with van der Waals surface area (Å²) < 4.78 is 0. The van der Waals surface area contributed by atoms with E-state index in [9.17, 15) is 14.4 Å². The summed E-state index contributed by atoms with van der Waals surface area (Å²) in [5.74, 6) is -1.96. The maximum atomic E-state index is 11.8. The van der Waals surface area contributed by atoms with Crippen LogP contribution < -0.4 is 10.6 Å². The minimum atomic E-state index is -0.911. The average molecular weight is 270 g/mol. The molecular weight excluding hydrogens is 248 g/mol. The zero-order valence-electron chi connectivity index (χ0n) is 11.7. The monoisotopic (exact) mass is 270 g/mol. The molecule has 6 nitrogen and oxygen atoms in total. The topological polar surface area (TPSA) is 95.5 Å². The van der Waals surface area contributed by atoms with E-state index in [1.165, 1.54) is 0 Å². The van der Waals surface area contributed by atoms with Crippen molar-refractivity contribution in [3.63, 3.8) is 0 Å². The molecule has 0 radical (unpaired) electrons. The Morgan fingerprint density at radius 3 is 2.53 bits per heavy atom. The van der Waals surface area contributed by atoms with Gasteiger partial charge >= 0.3 is 5.97 Å². The van der Waals surface area contributed by atoms with E-state index in [2.05, 4.69) is 10.6 Å². The number of hydrogen-bond acceptors (Lipinski definition) is 3. The van der Waals surface area contributed by atoms with Crippen molar-refractivity contribution in [1.82, 2.24) is 10.6 Å². The van der Waals surface area contributed by atoms with Crippen LogP contribution in [0.4, 0.5) is 0 Å². The third-order valence-electron chi connectivity index (χ3n) is 3.04. The van der Waals surface area contributed by atoms with E-state index in [1.54, 1.807) is 0 Å². The van der Waals surface area contributed by atoms with Gasteiger partial charge in [0.25, 0.3) is 0 Å². The summed E-state index contributed by atoms with van der Waals surface area (Å²) in [6.07, 6.45) is 1.31. The maximum Gasteiger partial charge on any atom is 0.308 e. The van der Waals surface area contributed by atoms with Gasteiger partial charge in [-0.1, -0.05) is 20.8 Å². The number of amides is 2. The van der Waals surface area contributed by atoms with Crippen LogP contribution in [0.25, 0.3) is 0 Å². The highest BCUT2D eigenvalue weighted by Crippen LogP contribution is 2.24. The average Bonchev–Trinajstić information content (AvgIpc) is 2.68. The van der Waals surface area contributed by atoms with E-state index in [0.717, 1.165) is 0 Å². The van der Waals surface area contributed by atoms with Crippen molar-refractivity contribution in [2.75, 3.05) is 6.54 Å². The molecule has 1 rings (SSSR count). The third kappa shape index (κ3) is 5.28. The minimum Gasteiger partial charge on any atom is -0.481 e. The van der Waals surface area contributed by atoms with Crippen LogP contribution >= 0.6 is 0 Å². The lowest BCUT2D eigenvalue weighted by molar-refractivity contribution is -0.142. The molecule has 0 aromatic carbocycles. The van der Waals surface area contributed by atoms with Crippen molar-refractivity contribution >= 4 is 17.8 Å². The van der Waals surface area contributed by atoms with E-state index in [-0.39, 0.29) is 23.8 Å². The number of carbonyl (C=O) groups excluding carboxylic acids is 2. The smallest absolute Gasteiger partial charge is 0.308 e. The second kappa shape index (κ2) is 6.04.